The van der Waals surface area contributed by atoms with Crippen LogP contribution in [0, 0.1) is 0 Å². The highest BCUT2D eigenvalue weighted by atomic mass is 16.5. The lowest BCUT2D eigenvalue weighted by Crippen LogP contribution is -2.43. The van der Waals surface area contributed by atoms with E-state index < -0.39 is 6.04 Å². The zero-order valence-corrected chi connectivity index (χ0v) is 24.6. The van der Waals surface area contributed by atoms with Gasteiger partial charge in [-0.1, -0.05) is 69.3 Å². The van der Waals surface area contributed by atoms with E-state index in [0.29, 0.717) is 30.1 Å². The topological polar surface area (TPSA) is 109 Å². The molecule has 5 rings (SSSR count). The summed E-state index contributed by atoms with van der Waals surface area (Å²) in [5.74, 6) is -0.387. The second-order valence-electron chi connectivity index (χ2n) is 12.1. The normalized spacial score (nSPS) is 19.2. The first-order valence-electron chi connectivity index (χ1n) is 14.6. The van der Waals surface area contributed by atoms with Gasteiger partial charge in [0.25, 0.3) is 0 Å². The molecule has 3 atom stereocenters. The lowest BCUT2D eigenvalue weighted by molar-refractivity contribution is -0.118. The molecule has 2 aliphatic rings. The van der Waals surface area contributed by atoms with Crippen LogP contribution in [0.5, 0.6) is 0 Å². The maximum Gasteiger partial charge on any atom is 0.248 e. The van der Waals surface area contributed by atoms with Crippen molar-refractivity contribution in [3.8, 4) is 0 Å². The van der Waals surface area contributed by atoms with Crippen molar-refractivity contribution in [2.24, 2.45) is 0 Å². The van der Waals surface area contributed by atoms with Crippen LogP contribution in [0.4, 0.5) is 17.1 Å². The van der Waals surface area contributed by atoms with Crippen LogP contribution in [-0.2, 0) is 19.7 Å². The van der Waals surface area contributed by atoms with Crippen LogP contribution in [0.15, 0.2) is 78.9 Å². The van der Waals surface area contributed by atoms with Gasteiger partial charge in [-0.25, -0.2) is 0 Å². The Bertz CT molecular complexity index is 1410. The first-order chi connectivity index (χ1) is 20.2. The smallest absolute Gasteiger partial charge is 0.248 e. The molecule has 0 spiro atoms. The van der Waals surface area contributed by atoms with Gasteiger partial charge in [0, 0.05) is 37.4 Å². The predicted molar refractivity (Wildman–Crippen MR) is 169 cm³/mol. The molecule has 1 unspecified atom stereocenters. The van der Waals surface area contributed by atoms with E-state index in [1.54, 1.807) is 18.2 Å². The summed E-state index contributed by atoms with van der Waals surface area (Å²) in [7, 11) is 0. The number of morpholine rings is 1. The third-order valence-electron chi connectivity index (χ3n) is 7.96. The standard InChI is InChI=1S/C34H41N5O3/c1-34(2,3)25-13-15-26(16-14-25)37-33(41)32(36-18-19-39-21-28-20-27(39)22-42-28)24-11-8-23(9-12-24)10-17-31(40)38-30-7-5-4-6-29(30)35/h4-17,27-28,32,36H,18-22,35H2,1-3H3,(H,37,41)(H,38,40)/b17-10+/t27-,28-,32?/m1/s1. The molecule has 3 aromatic carbocycles. The van der Waals surface area contributed by atoms with E-state index in [0.717, 1.165) is 42.9 Å². The van der Waals surface area contributed by atoms with Crippen molar-refractivity contribution in [3.05, 3.63) is 95.6 Å². The van der Waals surface area contributed by atoms with Crippen LogP contribution in [0.1, 0.15) is 49.9 Å². The Morgan fingerprint density at radius 1 is 1.02 bits per heavy atom. The fourth-order valence-electron chi connectivity index (χ4n) is 5.49. The van der Waals surface area contributed by atoms with Gasteiger partial charge in [0.2, 0.25) is 11.8 Å². The molecule has 5 N–H and O–H groups in total. The maximum absolute atomic E-state index is 13.6. The molecular formula is C34H41N5O3. The van der Waals surface area contributed by atoms with Crippen LogP contribution in [0.3, 0.4) is 0 Å². The average molecular weight is 568 g/mol. The zero-order chi connectivity index (χ0) is 29.7. The summed E-state index contributed by atoms with van der Waals surface area (Å²) in [6, 6.07) is 22.8. The van der Waals surface area contributed by atoms with Gasteiger partial charge in [0.05, 0.1) is 24.1 Å². The van der Waals surface area contributed by atoms with E-state index >= 15 is 0 Å². The van der Waals surface area contributed by atoms with Gasteiger partial charge in [-0.15, -0.1) is 0 Å². The molecule has 220 valence electrons. The molecule has 8 heteroatoms. The minimum Gasteiger partial charge on any atom is -0.397 e. The summed E-state index contributed by atoms with van der Waals surface area (Å²) in [6.07, 6.45) is 4.65. The van der Waals surface area contributed by atoms with Gasteiger partial charge in [-0.2, -0.15) is 0 Å². The number of fused-ring (bicyclic) bond motifs is 2. The minimum atomic E-state index is -0.536. The highest BCUT2D eigenvalue weighted by Crippen LogP contribution is 2.28. The molecule has 42 heavy (non-hydrogen) atoms. The summed E-state index contributed by atoms with van der Waals surface area (Å²) in [5.41, 5.74) is 10.7. The summed E-state index contributed by atoms with van der Waals surface area (Å²) >= 11 is 0. The number of hydrogen-bond acceptors (Lipinski definition) is 6. The molecule has 2 saturated heterocycles. The minimum absolute atomic E-state index is 0.0401. The SMILES string of the molecule is CC(C)(C)c1ccc(NC(=O)C(NCCN2C[C@H]3C[C@@H]2CO3)c2ccc(/C=C/C(=O)Nc3ccccc3N)cc2)cc1. The Morgan fingerprint density at radius 2 is 1.76 bits per heavy atom. The molecular weight excluding hydrogens is 526 g/mol. The van der Waals surface area contributed by atoms with Crippen LogP contribution in [0.2, 0.25) is 0 Å². The number of nitrogens with two attached hydrogens (primary N) is 1. The number of rotatable bonds is 10. The quantitative estimate of drug-likeness (QED) is 0.204. The summed E-state index contributed by atoms with van der Waals surface area (Å²) in [4.78, 5) is 28.4. The number of likely N-dealkylation sites (tertiary alicyclic amines) is 1. The first-order valence-corrected chi connectivity index (χ1v) is 14.6. The van der Waals surface area contributed by atoms with E-state index in [-0.39, 0.29) is 17.2 Å². The Morgan fingerprint density at radius 3 is 2.40 bits per heavy atom. The highest BCUT2D eigenvalue weighted by molar-refractivity contribution is 6.03. The fourth-order valence-corrected chi connectivity index (χ4v) is 5.49. The van der Waals surface area contributed by atoms with Gasteiger partial charge in [-0.05, 0) is 58.9 Å². The number of hydrogen-bond donors (Lipinski definition) is 4. The number of amides is 2. The molecule has 0 aliphatic carbocycles. The number of benzene rings is 3. The van der Waals surface area contributed by atoms with E-state index in [1.807, 2.05) is 48.5 Å². The first kappa shape index (κ1) is 29.5. The lowest BCUT2D eigenvalue weighted by Gasteiger charge is -2.27. The number of para-hydroxylation sites is 2. The number of anilines is 3. The summed E-state index contributed by atoms with van der Waals surface area (Å²) in [6.45, 7) is 9.79. The molecule has 0 radical (unpaired) electrons. The van der Waals surface area contributed by atoms with Crippen LogP contribution in [-0.4, -0.2) is 55.1 Å². The van der Waals surface area contributed by atoms with Crippen LogP contribution in [0.25, 0.3) is 6.08 Å². The van der Waals surface area contributed by atoms with E-state index in [4.69, 9.17) is 10.5 Å². The van der Waals surface area contributed by atoms with E-state index in [9.17, 15) is 9.59 Å². The molecule has 2 fully saturated rings. The molecule has 2 bridgehead atoms. The average Bonchev–Trinajstić information content (AvgIpc) is 3.59. The number of ether oxygens (including phenoxy) is 1. The third-order valence-corrected chi connectivity index (χ3v) is 7.96. The second-order valence-corrected chi connectivity index (χ2v) is 12.1. The van der Waals surface area contributed by atoms with Crippen molar-refractivity contribution in [2.75, 3.05) is 42.6 Å². The van der Waals surface area contributed by atoms with E-state index in [1.165, 1.54) is 11.6 Å². The van der Waals surface area contributed by atoms with Crippen LogP contribution < -0.4 is 21.7 Å². The largest absolute Gasteiger partial charge is 0.397 e. The second kappa shape index (κ2) is 12.9. The van der Waals surface area contributed by atoms with E-state index in [2.05, 4.69) is 53.8 Å². The summed E-state index contributed by atoms with van der Waals surface area (Å²) in [5, 5.41) is 9.38. The summed E-state index contributed by atoms with van der Waals surface area (Å²) < 4.78 is 5.73. The van der Waals surface area contributed by atoms with Gasteiger partial charge < -0.3 is 26.4 Å². The molecule has 8 nitrogen and oxygen atoms in total. The number of nitrogen functional groups attached to an aromatic ring is 1. The molecule has 0 saturated carbocycles. The molecule has 0 aromatic heterocycles. The van der Waals surface area contributed by atoms with Gasteiger partial charge in [0.15, 0.2) is 0 Å². The molecule has 2 amide bonds. The third kappa shape index (κ3) is 7.45. The number of carbonyl (C=O) groups excluding carboxylic acids is 2. The molecule has 3 aromatic rings. The monoisotopic (exact) mass is 567 g/mol. The predicted octanol–water partition coefficient (Wildman–Crippen LogP) is 4.96. The van der Waals surface area contributed by atoms with Crippen molar-refractivity contribution >= 4 is 35.0 Å². The van der Waals surface area contributed by atoms with Gasteiger partial charge in [-0.3, -0.25) is 14.5 Å². The Labute approximate surface area is 248 Å². The fraction of sp³-hybridized carbons (Fsp3) is 0.353. The van der Waals surface area contributed by atoms with Crippen molar-refractivity contribution in [2.45, 2.75) is 50.8 Å². The Balaban J connectivity index is 1.25. The molecule has 2 aliphatic heterocycles. The van der Waals surface area contributed by atoms with Gasteiger partial charge >= 0.3 is 0 Å². The molecule has 2 heterocycles. The Hall–Kier alpha value is -3.98. The zero-order valence-electron chi connectivity index (χ0n) is 24.6. The van der Waals surface area contributed by atoms with Crippen molar-refractivity contribution < 1.29 is 14.3 Å². The van der Waals surface area contributed by atoms with Crippen molar-refractivity contribution in [1.82, 2.24) is 10.2 Å². The van der Waals surface area contributed by atoms with Gasteiger partial charge in [0.1, 0.15) is 6.04 Å². The Kier molecular flexibility index (Phi) is 9.06. The lowest BCUT2D eigenvalue weighted by atomic mass is 9.87. The maximum atomic E-state index is 13.6. The van der Waals surface area contributed by atoms with Crippen molar-refractivity contribution in [3.63, 3.8) is 0 Å². The van der Waals surface area contributed by atoms with Crippen molar-refractivity contribution in [1.29, 1.82) is 0 Å². The number of carbonyl (C=O) groups is 2. The van der Waals surface area contributed by atoms with Crippen LogP contribution >= 0.6 is 0 Å². The number of nitrogens with zero attached hydrogens (tertiary/aromatic N) is 1. The number of nitrogens with one attached hydrogen (secondary N) is 3. The highest BCUT2D eigenvalue weighted by Gasteiger charge is 2.38.